The van der Waals surface area contributed by atoms with E-state index in [1.807, 2.05) is 18.5 Å². The molecule has 0 saturated carbocycles. The van der Waals surface area contributed by atoms with Gasteiger partial charge in [0.2, 0.25) is 17.5 Å². The molecular formula is C16H19N5O4S. The third kappa shape index (κ3) is 3.45. The number of ether oxygens (including phenoxy) is 3. The molecule has 0 radical (unpaired) electrons. The second kappa shape index (κ2) is 7.65. The van der Waals surface area contributed by atoms with Gasteiger partial charge >= 0.3 is 0 Å². The van der Waals surface area contributed by atoms with Gasteiger partial charge in [-0.3, -0.25) is 0 Å². The van der Waals surface area contributed by atoms with Crippen LogP contribution in [0.5, 0.6) is 17.2 Å². The Bertz CT molecular complexity index is 883. The summed E-state index contributed by atoms with van der Waals surface area (Å²) in [4.78, 5) is 0. The highest BCUT2D eigenvalue weighted by molar-refractivity contribution is 7.98. The Balaban J connectivity index is 1.82. The van der Waals surface area contributed by atoms with Gasteiger partial charge < -0.3 is 23.2 Å². The van der Waals surface area contributed by atoms with Gasteiger partial charge in [0.25, 0.3) is 0 Å². The fraction of sp³-hybridized carbons (Fsp3) is 0.375. The third-order valence-corrected chi connectivity index (χ3v) is 4.76. The zero-order valence-corrected chi connectivity index (χ0v) is 16.0. The van der Waals surface area contributed by atoms with Crippen LogP contribution in [0.15, 0.2) is 21.7 Å². The van der Waals surface area contributed by atoms with Crippen LogP contribution in [-0.2, 0) is 12.8 Å². The lowest BCUT2D eigenvalue weighted by Gasteiger charge is -2.12. The SMILES string of the molecule is COc1cc(-c2nnc(CSc3nnc(C)n3C)o2)cc(OC)c1OC. The maximum atomic E-state index is 5.76. The fourth-order valence-electron chi connectivity index (χ4n) is 2.27. The summed E-state index contributed by atoms with van der Waals surface area (Å²) in [5, 5.41) is 17.1. The quantitative estimate of drug-likeness (QED) is 0.575. The van der Waals surface area contributed by atoms with Crippen LogP contribution in [0.4, 0.5) is 0 Å². The molecule has 10 heteroatoms. The molecule has 138 valence electrons. The molecule has 0 bridgehead atoms. The molecule has 1 aromatic carbocycles. The van der Waals surface area contributed by atoms with Crippen LogP contribution in [0.3, 0.4) is 0 Å². The number of hydrogen-bond acceptors (Lipinski definition) is 9. The molecule has 0 aliphatic rings. The number of aromatic nitrogens is 5. The summed E-state index contributed by atoms with van der Waals surface area (Å²) < 4.78 is 23.7. The van der Waals surface area contributed by atoms with Crippen molar-refractivity contribution >= 4 is 11.8 Å². The summed E-state index contributed by atoms with van der Waals surface area (Å²) in [6.07, 6.45) is 0. The van der Waals surface area contributed by atoms with E-state index in [0.717, 1.165) is 11.0 Å². The number of thioether (sulfide) groups is 1. The average molecular weight is 377 g/mol. The lowest BCUT2D eigenvalue weighted by Crippen LogP contribution is -1.95. The van der Waals surface area contributed by atoms with Crippen LogP contribution in [0.2, 0.25) is 0 Å². The third-order valence-electron chi connectivity index (χ3n) is 3.76. The van der Waals surface area contributed by atoms with Gasteiger partial charge in [0.05, 0.1) is 27.1 Å². The minimum atomic E-state index is 0.369. The second-order valence-electron chi connectivity index (χ2n) is 5.29. The fourth-order valence-corrected chi connectivity index (χ4v) is 3.07. The predicted octanol–water partition coefficient (Wildman–Crippen LogP) is 2.49. The van der Waals surface area contributed by atoms with Gasteiger partial charge in [-0.25, -0.2) is 0 Å². The maximum Gasteiger partial charge on any atom is 0.248 e. The van der Waals surface area contributed by atoms with Crippen molar-refractivity contribution in [2.45, 2.75) is 17.8 Å². The molecule has 3 aromatic rings. The molecule has 0 N–H and O–H groups in total. The molecule has 0 fully saturated rings. The minimum absolute atomic E-state index is 0.369. The van der Waals surface area contributed by atoms with Gasteiger partial charge in [0.15, 0.2) is 16.7 Å². The molecule has 0 aliphatic heterocycles. The smallest absolute Gasteiger partial charge is 0.248 e. The summed E-state index contributed by atoms with van der Waals surface area (Å²) in [6.45, 7) is 1.90. The Labute approximate surface area is 154 Å². The van der Waals surface area contributed by atoms with Crippen molar-refractivity contribution in [3.05, 3.63) is 23.8 Å². The molecule has 0 aliphatic carbocycles. The highest BCUT2D eigenvalue weighted by Gasteiger charge is 2.18. The number of rotatable bonds is 7. The van der Waals surface area contributed by atoms with Crippen molar-refractivity contribution in [1.29, 1.82) is 0 Å². The zero-order valence-electron chi connectivity index (χ0n) is 15.1. The Morgan fingerprint density at radius 3 is 2.23 bits per heavy atom. The van der Waals surface area contributed by atoms with Gasteiger partial charge in [-0.2, -0.15) is 0 Å². The van der Waals surface area contributed by atoms with E-state index in [4.69, 9.17) is 18.6 Å². The first-order chi connectivity index (χ1) is 12.6. The Hall–Kier alpha value is -2.75. The molecule has 0 unspecified atom stereocenters. The summed E-state index contributed by atoms with van der Waals surface area (Å²) in [5.74, 6) is 3.73. The Morgan fingerprint density at radius 1 is 1.00 bits per heavy atom. The van der Waals surface area contributed by atoms with E-state index < -0.39 is 0 Å². The number of hydrogen-bond donors (Lipinski definition) is 0. The molecule has 0 amide bonds. The standard InChI is InChI=1S/C16H19N5O4S/c1-9-17-20-16(21(9)2)26-8-13-18-19-15(25-13)10-6-11(22-3)14(24-5)12(7-10)23-4/h6-7H,8H2,1-5H3. The van der Waals surface area contributed by atoms with Crippen LogP contribution >= 0.6 is 11.8 Å². The maximum absolute atomic E-state index is 5.76. The normalized spacial score (nSPS) is 10.8. The Kier molecular flexibility index (Phi) is 5.31. The van der Waals surface area contributed by atoms with E-state index >= 15 is 0 Å². The van der Waals surface area contributed by atoms with Crippen molar-refractivity contribution in [3.8, 4) is 28.7 Å². The van der Waals surface area contributed by atoms with E-state index in [2.05, 4.69) is 20.4 Å². The summed E-state index contributed by atoms with van der Waals surface area (Å²) in [7, 11) is 6.57. The highest BCUT2D eigenvalue weighted by Crippen LogP contribution is 2.41. The molecule has 2 heterocycles. The lowest BCUT2D eigenvalue weighted by atomic mass is 10.2. The van der Waals surface area contributed by atoms with E-state index in [1.165, 1.54) is 11.8 Å². The molecular weight excluding hydrogens is 358 g/mol. The van der Waals surface area contributed by atoms with Crippen LogP contribution in [0, 0.1) is 6.92 Å². The van der Waals surface area contributed by atoms with Crippen molar-refractivity contribution in [1.82, 2.24) is 25.0 Å². The first kappa shape index (κ1) is 18.1. The number of benzene rings is 1. The first-order valence-corrected chi connectivity index (χ1v) is 8.67. The molecule has 26 heavy (non-hydrogen) atoms. The highest BCUT2D eigenvalue weighted by atomic mass is 32.2. The minimum Gasteiger partial charge on any atom is -0.493 e. The molecule has 2 aromatic heterocycles. The number of aryl methyl sites for hydroxylation is 1. The molecule has 9 nitrogen and oxygen atoms in total. The van der Waals surface area contributed by atoms with E-state index in [9.17, 15) is 0 Å². The zero-order chi connectivity index (χ0) is 18.7. The summed E-state index contributed by atoms with van der Waals surface area (Å²) in [5.41, 5.74) is 0.678. The van der Waals surface area contributed by atoms with Crippen molar-refractivity contribution in [3.63, 3.8) is 0 Å². The Morgan fingerprint density at radius 2 is 1.69 bits per heavy atom. The largest absolute Gasteiger partial charge is 0.493 e. The summed E-state index contributed by atoms with van der Waals surface area (Å²) >= 11 is 1.47. The van der Waals surface area contributed by atoms with E-state index in [-0.39, 0.29) is 0 Å². The second-order valence-corrected chi connectivity index (χ2v) is 6.23. The van der Waals surface area contributed by atoms with Crippen LogP contribution < -0.4 is 14.2 Å². The monoisotopic (exact) mass is 377 g/mol. The lowest BCUT2D eigenvalue weighted by molar-refractivity contribution is 0.324. The molecule has 0 spiro atoms. The van der Waals surface area contributed by atoms with E-state index in [0.29, 0.717) is 40.3 Å². The number of methoxy groups -OCH3 is 3. The molecule has 3 rings (SSSR count). The summed E-state index contributed by atoms with van der Waals surface area (Å²) in [6, 6.07) is 3.52. The van der Waals surface area contributed by atoms with Crippen LogP contribution in [0.25, 0.3) is 11.5 Å². The van der Waals surface area contributed by atoms with Crippen molar-refractivity contribution in [2.24, 2.45) is 7.05 Å². The van der Waals surface area contributed by atoms with Crippen LogP contribution in [-0.4, -0.2) is 46.3 Å². The van der Waals surface area contributed by atoms with Crippen LogP contribution in [0.1, 0.15) is 11.7 Å². The van der Waals surface area contributed by atoms with Crippen molar-refractivity contribution in [2.75, 3.05) is 21.3 Å². The first-order valence-electron chi connectivity index (χ1n) is 7.69. The molecule has 0 saturated heterocycles. The van der Waals surface area contributed by atoms with Crippen molar-refractivity contribution < 1.29 is 18.6 Å². The average Bonchev–Trinajstić information content (AvgIpc) is 3.26. The topological polar surface area (TPSA) is 97.3 Å². The number of nitrogens with zero attached hydrogens (tertiary/aromatic N) is 5. The van der Waals surface area contributed by atoms with E-state index in [1.54, 1.807) is 33.5 Å². The van der Waals surface area contributed by atoms with Gasteiger partial charge in [-0.15, -0.1) is 20.4 Å². The molecule has 0 atom stereocenters. The van der Waals surface area contributed by atoms with Gasteiger partial charge in [-0.05, 0) is 19.1 Å². The van der Waals surface area contributed by atoms with Gasteiger partial charge in [0.1, 0.15) is 5.82 Å². The predicted molar refractivity (Wildman–Crippen MR) is 94.7 cm³/mol. The van der Waals surface area contributed by atoms with Gasteiger partial charge in [-0.1, -0.05) is 11.8 Å². The van der Waals surface area contributed by atoms with Gasteiger partial charge in [0, 0.05) is 12.6 Å².